The average Bonchev–Trinajstić information content (AvgIpc) is 1.58. The first kappa shape index (κ1) is 84.4. The molecule has 11 aliphatic heterocycles. The summed E-state index contributed by atoms with van der Waals surface area (Å²) in [4.78, 5) is 39.8. The number of phenols is 3. The number of aliphatic hydroxyl groups is 5. The van der Waals surface area contributed by atoms with Crippen LogP contribution in [0, 0.1) is 24.0 Å². The summed E-state index contributed by atoms with van der Waals surface area (Å²) in [7, 11) is 6.53. The first-order chi connectivity index (χ1) is 52.6. The van der Waals surface area contributed by atoms with Crippen LogP contribution in [0.25, 0.3) is 0 Å². The van der Waals surface area contributed by atoms with Gasteiger partial charge < -0.3 is 164 Å². The number of aliphatic hydroxyl groups excluding tert-OH is 5. The highest BCUT2D eigenvalue weighted by Crippen LogP contribution is 2.53. The second kappa shape index (κ2) is 33.1. The van der Waals surface area contributed by atoms with E-state index < -0.39 is 248 Å². The van der Waals surface area contributed by atoms with Crippen molar-refractivity contribution in [1.29, 1.82) is 0 Å². The highest BCUT2D eigenvalue weighted by Gasteiger charge is 2.70. The molecule has 0 aromatic heterocycles. The fourth-order valence-electron chi connectivity index (χ4n) is 17.0. The van der Waals surface area contributed by atoms with E-state index in [2.05, 4.69) is 0 Å². The minimum absolute atomic E-state index is 0.0700. The molecule has 0 amide bonds. The number of ether oxygens (including phenoxy) is 26. The molecule has 111 heavy (non-hydrogen) atoms. The Balaban J connectivity index is 0.644. The highest BCUT2D eigenvalue weighted by molar-refractivity contribution is 6.39. The molecule has 0 saturated carbocycles. The van der Waals surface area contributed by atoms with E-state index in [1.165, 1.54) is 69.3 Å². The van der Waals surface area contributed by atoms with Crippen molar-refractivity contribution in [3.05, 3.63) is 54.5 Å². The zero-order valence-electron chi connectivity index (χ0n) is 63.0. The highest BCUT2D eigenvalue weighted by atomic mass is 35.5. The van der Waals surface area contributed by atoms with Crippen molar-refractivity contribution in [2.75, 3.05) is 62.2 Å². The van der Waals surface area contributed by atoms with Crippen LogP contribution in [0.5, 0.6) is 23.0 Å². The van der Waals surface area contributed by atoms with Gasteiger partial charge in [0.1, 0.15) is 132 Å². The minimum Gasteiger partial charge on any atom is -0.508 e. The molecule has 0 bridgehead atoms. The van der Waals surface area contributed by atoms with Crippen LogP contribution in [0.15, 0.2) is 12.1 Å². The van der Waals surface area contributed by atoms with E-state index in [0.29, 0.717) is 0 Å². The van der Waals surface area contributed by atoms with Crippen molar-refractivity contribution in [1.82, 2.24) is 0 Å². The van der Waals surface area contributed by atoms with Gasteiger partial charge in [-0.25, -0.2) is 9.59 Å². The van der Waals surface area contributed by atoms with Gasteiger partial charge in [0, 0.05) is 52.8 Å². The van der Waals surface area contributed by atoms with Crippen molar-refractivity contribution >= 4 is 35.1 Å². The zero-order valence-corrected chi connectivity index (χ0v) is 64.5. The maximum atomic E-state index is 14.3. The van der Waals surface area contributed by atoms with E-state index in [-0.39, 0.29) is 83.3 Å². The SMILES string of the molecule is COC[C@H]1O[C@@H](O[C@@H]2OC[C@@H]3O[C@@]4(OC[C@@H](OC(=O)c5c(C)cc(O)cc5O)[C@@H]5OCO[C@H]54)O[C@H]3[C@H]2O)[C@@H](OC)[C@@H](O)[C@@H]1O[C@@H]1O[C@H](C)[C@H](OC)[C@H](O[C@@H]2O[C@H](C)[C@H]3OC4(C[C@@H](O)[C@H](O[C@H]5C[C@@H](O[C@H]6C[C@](C)([N+](=O)[O-])[C@@H](OC)[C@H](C)O6)[C@H](OC(=O)c6c(C)c(Cl)c(O)c(Cl)c6OC)[C@@H](C)O5)[C@@H](C)O4)O[C@]3(C)[C@@H]2O)[C@H]1O. The Bertz CT molecular complexity index is 3630. The fraction of sp³-hybridized carbons (Fsp3) is 0.800. The molecule has 11 fully saturated rings. The number of aryl methyl sites for hydroxylation is 1. The Kier molecular flexibility index (Phi) is 25.1. The van der Waals surface area contributed by atoms with Crippen LogP contribution in [0.3, 0.4) is 0 Å². The first-order valence-electron chi connectivity index (χ1n) is 36.3. The lowest BCUT2D eigenvalue weighted by molar-refractivity contribution is -0.595. The van der Waals surface area contributed by atoms with Crippen LogP contribution >= 0.6 is 23.2 Å². The van der Waals surface area contributed by atoms with Crippen molar-refractivity contribution in [2.45, 2.75) is 295 Å². The minimum atomic E-state index is -2.06. The maximum absolute atomic E-state index is 14.3. The van der Waals surface area contributed by atoms with Crippen molar-refractivity contribution in [2.24, 2.45) is 0 Å². The van der Waals surface area contributed by atoms with Gasteiger partial charge in [-0.2, -0.15) is 0 Å². The lowest BCUT2D eigenvalue weighted by Crippen LogP contribution is -2.68. The Morgan fingerprint density at radius 1 is 0.613 bits per heavy atom. The van der Waals surface area contributed by atoms with Gasteiger partial charge >= 0.3 is 17.9 Å². The maximum Gasteiger partial charge on any atom is 0.342 e. The number of phenolic OH excluding ortho intramolecular Hbond substituents is 3. The van der Waals surface area contributed by atoms with Crippen LogP contribution in [0.4, 0.5) is 0 Å². The molecular weight excluding hydrogens is 1530 g/mol. The van der Waals surface area contributed by atoms with Crippen LogP contribution in [0.2, 0.25) is 10.0 Å². The third kappa shape index (κ3) is 15.5. The van der Waals surface area contributed by atoms with E-state index in [9.17, 15) is 60.6 Å². The number of esters is 2. The standard InChI is InChI=1S/C70H97Cl2NO38/c1-24-15-31(74)16-32(75)40(24)61(82)100-36-22-94-70(60-53(36)92-23-93-60)108-37-21-91-63(46(79)52(37)109-70)106-65-56(89-13)45(78)51(35(101-65)20-86-10)104-64-47(80)55(50(87-11)27(4)97-64)105-66-57(81)68(9)59(30(7)98-66)110-69(111-68)18-33(76)48(28(5)107-69)102-38-17-34(99-39-19-67(8,73(84)85)58(90-14)29(6)96-39)49(26(3)95-38)103-62(83)41-25(2)42(71)44(77)43(72)54(41)88-12/h15-16,26-30,33-39,45-53,55-60,63-66,74-81H,17-23H2,1-14H3/t26-,27-,28-,29+,30-,33-,34-,35-,36-,37+,38+,39+,45+,46-,47-,48-,49-,50+,51-,52-,53+,55-,56+,57-,58+,59-,60-,63+,64+,65+,66+,67+,68-,69?,70-/m1/s1. The summed E-state index contributed by atoms with van der Waals surface area (Å²) in [6, 6.07) is 2.28. The second-order valence-electron chi connectivity index (χ2n) is 29.9. The number of halogens is 2. The molecule has 8 N–H and O–H groups in total. The van der Waals surface area contributed by atoms with E-state index in [4.69, 9.17) is 146 Å². The molecule has 39 nitrogen and oxygen atoms in total. The van der Waals surface area contributed by atoms with Gasteiger partial charge in [0.05, 0.1) is 81.4 Å². The summed E-state index contributed by atoms with van der Waals surface area (Å²) in [6.07, 6.45) is -40.9. The number of aromatic hydroxyl groups is 3. The van der Waals surface area contributed by atoms with E-state index >= 15 is 0 Å². The summed E-state index contributed by atoms with van der Waals surface area (Å²) >= 11 is 12.8. The quantitative estimate of drug-likeness (QED) is 0.0495. The predicted octanol–water partition coefficient (Wildman–Crippen LogP) is 1.26. The van der Waals surface area contributed by atoms with Gasteiger partial charge in [0.25, 0.3) is 11.5 Å². The third-order valence-electron chi connectivity index (χ3n) is 22.5. The van der Waals surface area contributed by atoms with Crippen LogP contribution in [-0.2, 0) is 118 Å². The number of carbonyl (C=O) groups is 2. The average molecular weight is 1630 g/mol. The largest absolute Gasteiger partial charge is 0.508 e. The molecule has 13 rings (SSSR count). The molecule has 0 radical (unpaired) electrons. The molecule has 2 aromatic rings. The molecule has 2 aromatic carbocycles. The number of fused-ring (bicyclic) bond motifs is 4. The lowest BCUT2D eigenvalue weighted by Gasteiger charge is -2.50. The number of rotatable bonds is 21. The Labute approximate surface area is 645 Å². The van der Waals surface area contributed by atoms with Crippen molar-refractivity contribution in [3.63, 3.8) is 0 Å². The molecule has 11 aliphatic rings. The summed E-state index contributed by atoms with van der Waals surface area (Å²) in [5.74, 6) is -7.54. The first-order valence-corrected chi connectivity index (χ1v) is 37.1. The Morgan fingerprint density at radius 2 is 1.31 bits per heavy atom. The number of hydrogen-bond acceptors (Lipinski definition) is 38. The van der Waals surface area contributed by atoms with Gasteiger partial charge in [-0.15, -0.1) is 0 Å². The summed E-state index contributed by atoms with van der Waals surface area (Å²) < 4.78 is 160. The lowest BCUT2D eigenvalue weighted by atomic mass is 9.85. The van der Waals surface area contributed by atoms with Crippen molar-refractivity contribution in [3.8, 4) is 23.0 Å². The molecule has 35 atom stereocenters. The molecule has 624 valence electrons. The summed E-state index contributed by atoms with van der Waals surface area (Å²) in [6.45, 7) is 12.7. The van der Waals surface area contributed by atoms with Gasteiger partial charge in [0.2, 0.25) is 0 Å². The third-order valence-corrected chi connectivity index (χ3v) is 23.3. The monoisotopic (exact) mass is 1630 g/mol. The fourth-order valence-corrected chi connectivity index (χ4v) is 17.5. The number of methoxy groups -OCH3 is 5. The Hall–Kier alpha value is -4.56. The van der Waals surface area contributed by atoms with E-state index in [0.717, 1.165) is 6.07 Å². The van der Waals surface area contributed by atoms with E-state index in [1.807, 2.05) is 0 Å². The zero-order chi connectivity index (χ0) is 80.2. The van der Waals surface area contributed by atoms with Crippen LogP contribution in [-0.4, -0.2) is 333 Å². The molecule has 1 unspecified atom stereocenters. The number of benzene rings is 2. The van der Waals surface area contributed by atoms with Crippen LogP contribution in [0.1, 0.15) is 99.6 Å². The topological polar surface area (TPSA) is 479 Å². The van der Waals surface area contributed by atoms with Crippen molar-refractivity contribution < 1.29 is 179 Å². The molecule has 2 spiro atoms. The summed E-state index contributed by atoms with van der Waals surface area (Å²) in [5.41, 5.74) is -3.54. The van der Waals surface area contributed by atoms with Gasteiger partial charge in [-0.1, -0.05) is 23.2 Å². The van der Waals surface area contributed by atoms with Gasteiger partial charge in [-0.3, -0.25) is 10.1 Å². The van der Waals surface area contributed by atoms with Gasteiger partial charge in [0.15, 0.2) is 73.7 Å². The second-order valence-corrected chi connectivity index (χ2v) is 30.6. The smallest absolute Gasteiger partial charge is 0.342 e. The molecule has 41 heteroatoms. The molecule has 0 aliphatic carbocycles. The molecule has 11 saturated heterocycles. The number of nitrogens with zero attached hydrogens (tertiary/aromatic N) is 1. The normalized spacial score (nSPS) is 45.6. The number of hydrogen-bond donors (Lipinski definition) is 8. The number of carbonyl (C=O) groups excluding carboxylic acids is 2. The molecular formula is C70H97Cl2NO38. The molecule has 11 heterocycles. The van der Waals surface area contributed by atoms with E-state index in [1.54, 1.807) is 34.6 Å². The predicted molar refractivity (Wildman–Crippen MR) is 363 cm³/mol. The van der Waals surface area contributed by atoms with Gasteiger partial charge in [-0.05, 0) is 72.6 Å². The van der Waals surface area contributed by atoms with Crippen LogP contribution < -0.4 is 4.74 Å². The number of nitro groups is 1. The Morgan fingerprint density at radius 3 is 1.98 bits per heavy atom. The summed E-state index contributed by atoms with van der Waals surface area (Å²) in [5, 5.41) is 104.